The van der Waals surface area contributed by atoms with E-state index in [2.05, 4.69) is 0 Å². The van der Waals surface area contributed by atoms with Gasteiger partial charge < -0.3 is 9.84 Å². The Morgan fingerprint density at radius 2 is 1.82 bits per heavy atom. The van der Waals surface area contributed by atoms with Crippen molar-refractivity contribution in [3.8, 4) is 0 Å². The van der Waals surface area contributed by atoms with Crippen molar-refractivity contribution in [2.24, 2.45) is 0 Å². The standard InChI is InChI=1S/C16H15F3O3/c1-2-13(15(20)21)22-14(16(17,18)19)12-9-5-7-10-6-3-4-8-11(10)12/h3-9,13-14H,2H2,1H3,(H,20,21). The second-order valence-corrected chi connectivity index (χ2v) is 4.86. The van der Waals surface area contributed by atoms with E-state index in [0.717, 1.165) is 0 Å². The van der Waals surface area contributed by atoms with Gasteiger partial charge in [-0.05, 0) is 22.8 Å². The van der Waals surface area contributed by atoms with Gasteiger partial charge >= 0.3 is 12.1 Å². The molecule has 0 saturated heterocycles. The molecule has 2 atom stereocenters. The quantitative estimate of drug-likeness (QED) is 0.894. The van der Waals surface area contributed by atoms with E-state index in [1.807, 2.05) is 0 Å². The van der Waals surface area contributed by atoms with Gasteiger partial charge in [0.1, 0.15) is 0 Å². The minimum atomic E-state index is -4.70. The lowest BCUT2D eigenvalue weighted by Gasteiger charge is -2.25. The predicted molar refractivity (Wildman–Crippen MR) is 75.5 cm³/mol. The van der Waals surface area contributed by atoms with Gasteiger partial charge in [0.2, 0.25) is 0 Å². The molecule has 2 aromatic rings. The number of alkyl halides is 3. The first-order valence-electron chi connectivity index (χ1n) is 6.77. The van der Waals surface area contributed by atoms with Crippen LogP contribution in [0.1, 0.15) is 25.0 Å². The van der Waals surface area contributed by atoms with Crippen molar-refractivity contribution in [1.82, 2.24) is 0 Å². The van der Waals surface area contributed by atoms with Crippen molar-refractivity contribution in [1.29, 1.82) is 0 Å². The molecule has 0 spiro atoms. The fourth-order valence-electron chi connectivity index (χ4n) is 2.30. The molecule has 118 valence electrons. The third-order valence-electron chi connectivity index (χ3n) is 3.35. The second-order valence-electron chi connectivity index (χ2n) is 4.86. The van der Waals surface area contributed by atoms with Crippen LogP contribution in [0.3, 0.4) is 0 Å². The van der Waals surface area contributed by atoms with Crippen LogP contribution in [0.4, 0.5) is 13.2 Å². The van der Waals surface area contributed by atoms with Gasteiger partial charge in [0.25, 0.3) is 0 Å². The molecule has 0 aliphatic carbocycles. The van der Waals surface area contributed by atoms with E-state index in [1.165, 1.54) is 19.1 Å². The summed E-state index contributed by atoms with van der Waals surface area (Å²) in [6.07, 6.45) is -8.54. The molecule has 0 aliphatic rings. The van der Waals surface area contributed by atoms with Crippen molar-refractivity contribution in [2.45, 2.75) is 31.7 Å². The lowest BCUT2D eigenvalue weighted by Crippen LogP contribution is -2.32. The van der Waals surface area contributed by atoms with Crippen LogP contribution in [-0.4, -0.2) is 23.4 Å². The van der Waals surface area contributed by atoms with Crippen LogP contribution >= 0.6 is 0 Å². The summed E-state index contributed by atoms with van der Waals surface area (Å²) in [6.45, 7) is 1.47. The summed E-state index contributed by atoms with van der Waals surface area (Å²) in [4.78, 5) is 11.0. The van der Waals surface area contributed by atoms with Crippen LogP contribution in [-0.2, 0) is 9.53 Å². The molecule has 2 rings (SSSR count). The molecule has 2 aromatic carbocycles. The Labute approximate surface area is 125 Å². The van der Waals surface area contributed by atoms with Gasteiger partial charge in [0.15, 0.2) is 12.2 Å². The number of carboxylic acid groups (broad SMARTS) is 1. The van der Waals surface area contributed by atoms with Gasteiger partial charge in [-0.25, -0.2) is 4.79 Å². The Balaban J connectivity index is 2.51. The van der Waals surface area contributed by atoms with Crippen molar-refractivity contribution in [3.05, 3.63) is 48.0 Å². The SMILES string of the molecule is CCC(OC(c1cccc2ccccc12)C(F)(F)F)C(=O)O. The largest absolute Gasteiger partial charge is 0.479 e. The molecule has 0 heterocycles. The van der Waals surface area contributed by atoms with Crippen LogP contribution in [0.2, 0.25) is 0 Å². The number of fused-ring (bicyclic) bond motifs is 1. The maximum absolute atomic E-state index is 13.4. The lowest BCUT2D eigenvalue weighted by atomic mass is 10.00. The highest BCUT2D eigenvalue weighted by molar-refractivity contribution is 5.86. The summed E-state index contributed by atoms with van der Waals surface area (Å²) in [5, 5.41) is 9.99. The molecular weight excluding hydrogens is 297 g/mol. The highest BCUT2D eigenvalue weighted by atomic mass is 19.4. The Kier molecular flexibility index (Phi) is 4.71. The van der Waals surface area contributed by atoms with Gasteiger partial charge in [-0.15, -0.1) is 0 Å². The molecule has 0 amide bonds. The first-order chi connectivity index (χ1) is 10.3. The van der Waals surface area contributed by atoms with E-state index < -0.39 is 24.4 Å². The predicted octanol–water partition coefficient (Wildman–Crippen LogP) is 4.32. The van der Waals surface area contributed by atoms with Gasteiger partial charge in [-0.3, -0.25) is 0 Å². The zero-order valence-electron chi connectivity index (χ0n) is 11.8. The smallest absolute Gasteiger partial charge is 0.418 e. The minimum Gasteiger partial charge on any atom is -0.479 e. The average molecular weight is 312 g/mol. The molecule has 22 heavy (non-hydrogen) atoms. The Morgan fingerprint density at radius 3 is 2.41 bits per heavy atom. The number of carboxylic acids is 1. The van der Waals surface area contributed by atoms with Crippen molar-refractivity contribution < 1.29 is 27.8 Å². The third-order valence-corrected chi connectivity index (χ3v) is 3.35. The summed E-state index contributed by atoms with van der Waals surface area (Å²) in [5.74, 6) is -1.41. The average Bonchev–Trinajstić information content (AvgIpc) is 2.46. The van der Waals surface area contributed by atoms with Crippen LogP contribution in [0, 0.1) is 0 Å². The van der Waals surface area contributed by atoms with Crippen LogP contribution in [0.5, 0.6) is 0 Å². The van der Waals surface area contributed by atoms with Gasteiger partial charge in [-0.1, -0.05) is 49.4 Å². The zero-order chi connectivity index (χ0) is 16.3. The summed E-state index contributed by atoms with van der Waals surface area (Å²) in [5.41, 5.74) is -0.0784. The topological polar surface area (TPSA) is 46.5 Å². The molecule has 0 bridgehead atoms. The summed E-state index contributed by atoms with van der Waals surface area (Å²) in [6, 6.07) is 11.1. The highest BCUT2D eigenvalue weighted by Crippen LogP contribution is 2.40. The lowest BCUT2D eigenvalue weighted by molar-refractivity contribution is -0.237. The number of aliphatic carboxylic acids is 1. The maximum Gasteiger partial charge on any atom is 0.418 e. The number of benzene rings is 2. The monoisotopic (exact) mass is 312 g/mol. The molecule has 0 radical (unpaired) electrons. The second kappa shape index (κ2) is 6.36. The van der Waals surface area contributed by atoms with Crippen molar-refractivity contribution in [3.63, 3.8) is 0 Å². The third kappa shape index (κ3) is 3.39. The maximum atomic E-state index is 13.4. The highest BCUT2D eigenvalue weighted by Gasteiger charge is 2.44. The first kappa shape index (κ1) is 16.3. The molecule has 1 N–H and O–H groups in total. The molecule has 6 heteroatoms. The van der Waals surface area contributed by atoms with E-state index in [1.54, 1.807) is 30.3 Å². The number of halogens is 3. The van der Waals surface area contributed by atoms with Gasteiger partial charge in [0, 0.05) is 0 Å². The van der Waals surface area contributed by atoms with Crippen molar-refractivity contribution in [2.75, 3.05) is 0 Å². The van der Waals surface area contributed by atoms with Gasteiger partial charge in [0.05, 0.1) is 0 Å². The van der Waals surface area contributed by atoms with Crippen molar-refractivity contribution >= 4 is 16.7 Å². The van der Waals surface area contributed by atoms with Crippen LogP contribution < -0.4 is 0 Å². The molecule has 0 saturated carbocycles. The normalized spacial score (nSPS) is 14.7. The molecule has 3 nitrogen and oxygen atoms in total. The Bertz CT molecular complexity index is 662. The molecule has 2 unspecified atom stereocenters. The Hall–Kier alpha value is -2.08. The Morgan fingerprint density at radius 1 is 1.18 bits per heavy atom. The number of carbonyl (C=O) groups is 1. The number of rotatable bonds is 5. The van der Waals surface area contributed by atoms with E-state index in [9.17, 15) is 18.0 Å². The zero-order valence-corrected chi connectivity index (χ0v) is 11.8. The molecule has 0 aromatic heterocycles. The fraction of sp³-hybridized carbons (Fsp3) is 0.312. The first-order valence-corrected chi connectivity index (χ1v) is 6.77. The number of ether oxygens (including phenoxy) is 1. The number of hydrogen-bond acceptors (Lipinski definition) is 2. The molecule has 0 fully saturated rings. The molecular formula is C16H15F3O3. The summed E-state index contributed by atoms with van der Waals surface area (Å²) in [7, 11) is 0. The summed E-state index contributed by atoms with van der Waals surface area (Å²) >= 11 is 0. The number of hydrogen-bond donors (Lipinski definition) is 1. The van der Waals surface area contributed by atoms with E-state index in [-0.39, 0.29) is 12.0 Å². The fourth-order valence-corrected chi connectivity index (χ4v) is 2.30. The van der Waals surface area contributed by atoms with Crippen LogP contribution in [0.15, 0.2) is 42.5 Å². The van der Waals surface area contributed by atoms with E-state index in [4.69, 9.17) is 9.84 Å². The minimum absolute atomic E-state index is 0.0489. The molecule has 0 aliphatic heterocycles. The van der Waals surface area contributed by atoms with Crippen LogP contribution in [0.25, 0.3) is 10.8 Å². The summed E-state index contributed by atoms with van der Waals surface area (Å²) < 4.78 is 45.0. The van der Waals surface area contributed by atoms with E-state index in [0.29, 0.717) is 10.8 Å². The van der Waals surface area contributed by atoms with Gasteiger partial charge in [-0.2, -0.15) is 13.2 Å². The van der Waals surface area contributed by atoms with E-state index >= 15 is 0 Å².